The monoisotopic (exact) mass is 220 g/mol. The van der Waals surface area contributed by atoms with Crippen molar-refractivity contribution >= 4 is 0 Å². The van der Waals surface area contributed by atoms with Crippen LogP contribution >= 0.6 is 0 Å². The Balaban J connectivity index is 1.90. The highest BCUT2D eigenvalue weighted by Crippen LogP contribution is 2.47. The number of aliphatic hydroxyl groups excluding tert-OH is 2. The van der Waals surface area contributed by atoms with Crippen molar-refractivity contribution in [3.63, 3.8) is 0 Å². The minimum Gasteiger partial charge on any atom is -0.393 e. The lowest BCUT2D eigenvalue weighted by Gasteiger charge is -2.50. The van der Waals surface area contributed by atoms with E-state index in [1.54, 1.807) is 0 Å². The van der Waals surface area contributed by atoms with Crippen LogP contribution in [-0.4, -0.2) is 22.4 Å². The normalized spacial score (nSPS) is 50.9. The number of hydrogen-bond donors (Lipinski definition) is 2. The first-order valence-corrected chi connectivity index (χ1v) is 6.45. The van der Waals surface area contributed by atoms with Crippen LogP contribution in [0.1, 0.15) is 25.7 Å². The third kappa shape index (κ3) is 1.47. The molecule has 1 fully saturated rings. The van der Waals surface area contributed by atoms with E-state index < -0.39 is 0 Å². The molecule has 0 amide bonds. The van der Waals surface area contributed by atoms with Crippen LogP contribution in [0.2, 0.25) is 0 Å². The maximum atomic E-state index is 10.4. The van der Waals surface area contributed by atoms with Gasteiger partial charge in [0, 0.05) is 0 Å². The molecule has 3 rings (SSSR count). The summed E-state index contributed by atoms with van der Waals surface area (Å²) >= 11 is 0. The molecular formula is C14H20O2. The van der Waals surface area contributed by atoms with E-state index >= 15 is 0 Å². The van der Waals surface area contributed by atoms with Gasteiger partial charge in [-0.3, -0.25) is 0 Å². The molecule has 0 saturated heterocycles. The van der Waals surface area contributed by atoms with Crippen LogP contribution in [0.3, 0.4) is 0 Å². The Morgan fingerprint density at radius 2 is 0.812 bits per heavy atom. The standard InChI is InChI=1S/C14H20O2/c15-13-9-5-1-2-6-10(9)14(16)12-8-4-3-7-11(12)13/h1-4,9-16H,5-8H2/t9-,10-,11-,12+,13?,14?/m0/s1. The van der Waals surface area contributed by atoms with E-state index in [1.807, 2.05) is 0 Å². The number of hydrogen-bond acceptors (Lipinski definition) is 2. The van der Waals surface area contributed by atoms with Crippen LogP contribution in [-0.2, 0) is 0 Å². The van der Waals surface area contributed by atoms with Gasteiger partial charge in [0.2, 0.25) is 0 Å². The molecule has 0 bridgehead atoms. The topological polar surface area (TPSA) is 40.5 Å². The van der Waals surface area contributed by atoms with Crippen molar-refractivity contribution in [2.75, 3.05) is 0 Å². The summed E-state index contributed by atoms with van der Waals surface area (Å²) in [5.74, 6) is 1.14. The molecule has 2 heteroatoms. The molecular weight excluding hydrogens is 200 g/mol. The van der Waals surface area contributed by atoms with E-state index in [9.17, 15) is 10.2 Å². The zero-order valence-corrected chi connectivity index (χ0v) is 9.50. The van der Waals surface area contributed by atoms with Crippen molar-refractivity contribution in [2.24, 2.45) is 23.7 Å². The SMILES string of the molecule is OC1[C@H]2CC=CC[C@@H]2C(O)[C@@H]2CC=CC[C@H]12. The van der Waals surface area contributed by atoms with E-state index in [0.29, 0.717) is 0 Å². The minimum absolute atomic E-state index is 0.215. The fourth-order valence-electron chi connectivity index (χ4n) is 3.92. The van der Waals surface area contributed by atoms with Crippen molar-refractivity contribution in [1.82, 2.24) is 0 Å². The Morgan fingerprint density at radius 3 is 1.06 bits per heavy atom. The molecule has 0 heterocycles. The highest BCUT2D eigenvalue weighted by Gasteiger charge is 2.48. The van der Waals surface area contributed by atoms with Gasteiger partial charge in [-0.1, -0.05) is 24.3 Å². The summed E-state index contributed by atoms with van der Waals surface area (Å²) in [6.07, 6.45) is 12.0. The summed E-state index contributed by atoms with van der Waals surface area (Å²) in [7, 11) is 0. The lowest BCUT2D eigenvalue weighted by atomic mass is 9.59. The minimum atomic E-state index is -0.215. The quantitative estimate of drug-likeness (QED) is 0.612. The lowest BCUT2D eigenvalue weighted by Crippen LogP contribution is -2.53. The molecule has 3 aliphatic rings. The molecule has 6 atom stereocenters. The maximum Gasteiger partial charge on any atom is 0.0609 e. The van der Waals surface area contributed by atoms with Crippen molar-refractivity contribution in [1.29, 1.82) is 0 Å². The molecule has 0 aromatic heterocycles. The molecule has 2 unspecified atom stereocenters. The molecule has 0 radical (unpaired) electrons. The van der Waals surface area contributed by atoms with Gasteiger partial charge in [-0.2, -0.15) is 0 Å². The average Bonchev–Trinajstić information content (AvgIpc) is 2.36. The van der Waals surface area contributed by atoms with E-state index in [0.717, 1.165) is 25.7 Å². The second-order valence-electron chi connectivity index (χ2n) is 5.52. The number of allylic oxidation sites excluding steroid dienone is 4. The average molecular weight is 220 g/mol. The van der Waals surface area contributed by atoms with Crippen LogP contribution in [0.15, 0.2) is 24.3 Å². The Morgan fingerprint density at radius 1 is 0.562 bits per heavy atom. The predicted molar refractivity (Wildman–Crippen MR) is 62.7 cm³/mol. The summed E-state index contributed by atoms with van der Waals surface area (Å²) in [5, 5.41) is 20.9. The van der Waals surface area contributed by atoms with Crippen LogP contribution in [0.4, 0.5) is 0 Å². The van der Waals surface area contributed by atoms with Gasteiger partial charge in [-0.15, -0.1) is 0 Å². The maximum absolute atomic E-state index is 10.4. The van der Waals surface area contributed by atoms with Gasteiger partial charge in [0.15, 0.2) is 0 Å². The van der Waals surface area contributed by atoms with Gasteiger partial charge >= 0.3 is 0 Å². The fourth-order valence-corrected chi connectivity index (χ4v) is 3.92. The first-order chi connectivity index (χ1) is 7.79. The summed E-state index contributed by atoms with van der Waals surface area (Å²) in [5.41, 5.74) is 0. The largest absolute Gasteiger partial charge is 0.393 e. The van der Waals surface area contributed by atoms with Gasteiger partial charge < -0.3 is 10.2 Å². The zero-order valence-electron chi connectivity index (χ0n) is 9.50. The molecule has 0 aliphatic heterocycles. The molecule has 88 valence electrons. The van der Waals surface area contributed by atoms with Crippen LogP contribution in [0.25, 0.3) is 0 Å². The molecule has 1 saturated carbocycles. The van der Waals surface area contributed by atoms with Crippen molar-refractivity contribution < 1.29 is 10.2 Å². The van der Waals surface area contributed by atoms with Gasteiger partial charge in [0.05, 0.1) is 12.2 Å². The van der Waals surface area contributed by atoms with E-state index in [-0.39, 0.29) is 35.9 Å². The van der Waals surface area contributed by atoms with Crippen LogP contribution in [0, 0.1) is 23.7 Å². The second-order valence-corrected chi connectivity index (χ2v) is 5.52. The Kier molecular flexibility index (Phi) is 2.64. The van der Waals surface area contributed by atoms with Crippen molar-refractivity contribution in [3.05, 3.63) is 24.3 Å². The Labute approximate surface area is 96.7 Å². The van der Waals surface area contributed by atoms with Gasteiger partial charge in [0.25, 0.3) is 0 Å². The first-order valence-electron chi connectivity index (χ1n) is 6.45. The highest BCUT2D eigenvalue weighted by molar-refractivity contribution is 5.09. The van der Waals surface area contributed by atoms with E-state index in [2.05, 4.69) is 24.3 Å². The van der Waals surface area contributed by atoms with E-state index in [4.69, 9.17) is 0 Å². The molecule has 0 spiro atoms. The number of rotatable bonds is 0. The zero-order chi connectivity index (χ0) is 11.1. The molecule has 3 aliphatic carbocycles. The third-order valence-corrected chi connectivity index (χ3v) is 4.82. The Bertz CT molecular complexity index is 261. The summed E-state index contributed by atoms with van der Waals surface area (Å²) in [6.45, 7) is 0. The molecule has 0 aromatic carbocycles. The number of aliphatic hydroxyl groups is 2. The Hall–Kier alpha value is -0.600. The van der Waals surface area contributed by atoms with Gasteiger partial charge in [0.1, 0.15) is 0 Å². The van der Waals surface area contributed by atoms with Crippen molar-refractivity contribution in [3.8, 4) is 0 Å². The smallest absolute Gasteiger partial charge is 0.0609 e. The highest BCUT2D eigenvalue weighted by atomic mass is 16.3. The lowest BCUT2D eigenvalue weighted by molar-refractivity contribution is -0.119. The molecule has 2 N–H and O–H groups in total. The molecule has 0 aromatic rings. The number of fused-ring (bicyclic) bond motifs is 2. The van der Waals surface area contributed by atoms with Crippen molar-refractivity contribution in [2.45, 2.75) is 37.9 Å². The summed E-state index contributed by atoms with van der Waals surface area (Å²) in [6, 6.07) is 0. The molecule has 16 heavy (non-hydrogen) atoms. The predicted octanol–water partition coefficient (Wildman–Crippen LogP) is 1.89. The van der Waals surface area contributed by atoms with Crippen LogP contribution in [0.5, 0.6) is 0 Å². The fraction of sp³-hybridized carbons (Fsp3) is 0.714. The summed E-state index contributed by atoms with van der Waals surface area (Å²) < 4.78 is 0. The molecule has 2 nitrogen and oxygen atoms in total. The second kappa shape index (κ2) is 4.01. The third-order valence-electron chi connectivity index (χ3n) is 4.82. The van der Waals surface area contributed by atoms with Crippen LogP contribution < -0.4 is 0 Å². The van der Waals surface area contributed by atoms with Gasteiger partial charge in [-0.25, -0.2) is 0 Å². The van der Waals surface area contributed by atoms with Gasteiger partial charge in [-0.05, 0) is 49.4 Å². The first kappa shape index (κ1) is 10.5. The van der Waals surface area contributed by atoms with E-state index in [1.165, 1.54) is 0 Å². The summed E-state index contributed by atoms with van der Waals surface area (Å²) in [4.78, 5) is 0.